The fourth-order valence-electron chi connectivity index (χ4n) is 0.223. The first kappa shape index (κ1) is 10.8. The molecule has 0 aromatic carbocycles. The molecule has 8 heteroatoms. The fourth-order valence-corrected chi connectivity index (χ4v) is 2.01. The van der Waals surface area contributed by atoms with Crippen molar-refractivity contribution < 1.29 is 25.2 Å². The van der Waals surface area contributed by atoms with Crippen LogP contribution >= 0.6 is 0 Å². The summed E-state index contributed by atoms with van der Waals surface area (Å²) in [6.45, 7) is 0. The highest BCUT2D eigenvalue weighted by Crippen LogP contribution is 2.05. The van der Waals surface area contributed by atoms with Crippen LogP contribution in [0.5, 0.6) is 0 Å². The second kappa shape index (κ2) is 3.48. The smallest absolute Gasteiger partial charge is 0.272 e. The molecule has 0 heterocycles. The van der Waals surface area contributed by atoms with Crippen LogP contribution in [0.15, 0.2) is 0 Å². The molecule has 0 unspecified atom stereocenters. The average molecular weight is 203 g/mol. The van der Waals surface area contributed by atoms with Gasteiger partial charge in [-0.1, -0.05) is 0 Å². The first-order chi connectivity index (χ1) is 4.83. The molecule has 1 radical (unpaired) electrons. The first-order valence-corrected chi connectivity index (χ1v) is 5.23. The predicted molar refractivity (Wildman–Crippen MR) is 36.2 cm³/mol. The van der Waals surface area contributed by atoms with E-state index in [0.29, 0.717) is 0 Å². The van der Waals surface area contributed by atoms with E-state index in [2.05, 4.69) is 8.37 Å². The summed E-state index contributed by atoms with van der Waals surface area (Å²) in [5.74, 6) is 0. The standard InChI is InChI=1S/C3H7O6S2/c1-8-10(4,5)3-11(6,7)9-2/h3H,1-2H3. The molecule has 0 aromatic rings. The molecule has 0 fully saturated rings. The van der Waals surface area contributed by atoms with Gasteiger partial charge >= 0.3 is 0 Å². The van der Waals surface area contributed by atoms with E-state index >= 15 is 0 Å². The molecular formula is C3H7O6S2. The zero-order valence-corrected chi connectivity index (χ0v) is 7.48. The predicted octanol–water partition coefficient (Wildman–Crippen LogP) is -0.942. The molecule has 0 spiro atoms. The molecule has 6 nitrogen and oxygen atoms in total. The molecule has 0 N–H and O–H groups in total. The minimum Gasteiger partial charge on any atom is -0.272 e. The van der Waals surface area contributed by atoms with Gasteiger partial charge in [-0.3, -0.25) is 8.37 Å². The van der Waals surface area contributed by atoms with Crippen LogP contribution in [0.3, 0.4) is 0 Å². The third-order valence-corrected chi connectivity index (χ3v) is 3.52. The van der Waals surface area contributed by atoms with Crippen molar-refractivity contribution in [2.45, 2.75) is 0 Å². The minimum absolute atomic E-state index is 0.0139. The lowest BCUT2D eigenvalue weighted by molar-refractivity contribution is 0.393. The highest BCUT2D eigenvalue weighted by Gasteiger charge is 2.22. The zero-order valence-electron chi connectivity index (χ0n) is 5.84. The van der Waals surface area contributed by atoms with E-state index in [0.717, 1.165) is 14.2 Å². The van der Waals surface area contributed by atoms with Crippen LogP contribution < -0.4 is 0 Å². The maximum atomic E-state index is 10.4. The molecule has 67 valence electrons. The topological polar surface area (TPSA) is 86.7 Å². The molecule has 0 rings (SSSR count). The molecule has 11 heavy (non-hydrogen) atoms. The van der Waals surface area contributed by atoms with Gasteiger partial charge in [-0.25, -0.2) is 0 Å². The Morgan fingerprint density at radius 2 is 1.18 bits per heavy atom. The largest absolute Gasteiger partial charge is 0.289 e. The number of hydrogen-bond acceptors (Lipinski definition) is 6. The van der Waals surface area contributed by atoms with Crippen molar-refractivity contribution in [3.05, 3.63) is 5.08 Å². The van der Waals surface area contributed by atoms with Gasteiger partial charge in [0.2, 0.25) is 5.08 Å². The molecule has 0 bridgehead atoms. The number of hydrogen-bond donors (Lipinski definition) is 0. The zero-order chi connectivity index (χ0) is 9.12. The summed E-state index contributed by atoms with van der Waals surface area (Å²) < 4.78 is 49.4. The Morgan fingerprint density at radius 3 is 1.36 bits per heavy atom. The van der Waals surface area contributed by atoms with Gasteiger partial charge in [0.15, 0.2) is 0 Å². The summed E-state index contributed by atoms with van der Waals surface area (Å²) in [6, 6.07) is 0. The van der Waals surface area contributed by atoms with E-state index in [1.54, 1.807) is 0 Å². The van der Waals surface area contributed by atoms with Crippen LogP contribution in [0.1, 0.15) is 0 Å². The van der Waals surface area contributed by atoms with Crippen LogP contribution in [0, 0.1) is 5.08 Å². The van der Waals surface area contributed by atoms with Crippen molar-refractivity contribution in [1.29, 1.82) is 0 Å². The van der Waals surface area contributed by atoms with Crippen LogP contribution in [-0.4, -0.2) is 31.1 Å². The van der Waals surface area contributed by atoms with Gasteiger partial charge in [0, 0.05) is 0 Å². The van der Waals surface area contributed by atoms with E-state index in [-0.39, 0.29) is 5.08 Å². The van der Waals surface area contributed by atoms with Gasteiger partial charge in [-0.15, -0.1) is 0 Å². The Morgan fingerprint density at radius 1 is 0.909 bits per heavy atom. The Balaban J connectivity index is 4.54. The lowest BCUT2D eigenvalue weighted by Crippen LogP contribution is -2.12. The SMILES string of the molecule is COS(=O)(=O)[CH]S(=O)(=O)OC. The summed E-state index contributed by atoms with van der Waals surface area (Å²) in [4.78, 5) is 0. The summed E-state index contributed by atoms with van der Waals surface area (Å²) in [7, 11) is -6.57. The van der Waals surface area contributed by atoms with E-state index < -0.39 is 20.2 Å². The van der Waals surface area contributed by atoms with Gasteiger partial charge in [0.25, 0.3) is 20.2 Å². The van der Waals surface area contributed by atoms with Crippen molar-refractivity contribution in [2.24, 2.45) is 0 Å². The third kappa shape index (κ3) is 4.30. The molecule has 0 amide bonds. The van der Waals surface area contributed by atoms with Gasteiger partial charge < -0.3 is 0 Å². The van der Waals surface area contributed by atoms with Crippen molar-refractivity contribution in [3.8, 4) is 0 Å². The van der Waals surface area contributed by atoms with Gasteiger partial charge in [-0.2, -0.15) is 16.8 Å². The second-order valence-electron chi connectivity index (χ2n) is 1.42. The van der Waals surface area contributed by atoms with E-state index in [1.165, 1.54) is 0 Å². The second-order valence-corrected chi connectivity index (χ2v) is 4.82. The van der Waals surface area contributed by atoms with Gasteiger partial charge in [0.05, 0.1) is 14.2 Å². The highest BCUT2D eigenvalue weighted by molar-refractivity contribution is 8.07. The lowest BCUT2D eigenvalue weighted by atomic mass is 11.8. The number of rotatable bonds is 4. The minimum atomic E-state index is -4.13. The molecule has 0 atom stereocenters. The van der Waals surface area contributed by atoms with E-state index in [1.807, 2.05) is 0 Å². The Hall–Kier alpha value is -0.180. The molecule has 0 aliphatic rings. The molecule has 0 saturated carbocycles. The normalized spacial score (nSPS) is 13.3. The maximum absolute atomic E-state index is 10.4. The van der Waals surface area contributed by atoms with Crippen molar-refractivity contribution >= 4 is 20.2 Å². The van der Waals surface area contributed by atoms with Crippen LogP contribution in [-0.2, 0) is 28.6 Å². The Bertz CT molecular complexity index is 265. The maximum Gasteiger partial charge on any atom is 0.289 e. The summed E-state index contributed by atoms with van der Waals surface area (Å²) in [5, 5.41) is -0.0139. The molecule has 0 saturated heterocycles. The molecule has 0 aliphatic heterocycles. The first-order valence-electron chi connectivity index (χ1n) is 2.29. The molecular weight excluding hydrogens is 196 g/mol. The van der Waals surface area contributed by atoms with Crippen molar-refractivity contribution in [1.82, 2.24) is 0 Å². The Kier molecular flexibility index (Phi) is 3.42. The quantitative estimate of drug-likeness (QED) is 0.548. The monoisotopic (exact) mass is 203 g/mol. The Labute approximate surface area is 65.4 Å². The van der Waals surface area contributed by atoms with Gasteiger partial charge in [0.1, 0.15) is 0 Å². The van der Waals surface area contributed by atoms with E-state index in [4.69, 9.17) is 0 Å². The summed E-state index contributed by atoms with van der Waals surface area (Å²) in [5.41, 5.74) is 0. The lowest BCUT2D eigenvalue weighted by Gasteiger charge is -1.98. The molecule has 0 aliphatic carbocycles. The van der Waals surface area contributed by atoms with Crippen LogP contribution in [0.2, 0.25) is 0 Å². The van der Waals surface area contributed by atoms with E-state index in [9.17, 15) is 16.8 Å². The summed E-state index contributed by atoms with van der Waals surface area (Å²) in [6.07, 6.45) is 0. The average Bonchev–Trinajstić information content (AvgIpc) is 1.86. The highest BCUT2D eigenvalue weighted by atomic mass is 32.3. The molecule has 0 aromatic heterocycles. The van der Waals surface area contributed by atoms with Gasteiger partial charge in [-0.05, 0) is 0 Å². The van der Waals surface area contributed by atoms with Crippen molar-refractivity contribution in [2.75, 3.05) is 14.2 Å². The van der Waals surface area contributed by atoms with Crippen molar-refractivity contribution in [3.63, 3.8) is 0 Å². The fraction of sp³-hybridized carbons (Fsp3) is 0.667. The van der Waals surface area contributed by atoms with Crippen LogP contribution in [0.4, 0.5) is 0 Å². The van der Waals surface area contributed by atoms with Crippen LogP contribution in [0.25, 0.3) is 0 Å². The third-order valence-electron chi connectivity index (χ3n) is 0.700. The summed E-state index contributed by atoms with van der Waals surface area (Å²) >= 11 is 0.